The fraction of sp³-hybridized carbons (Fsp3) is 0.111. The predicted molar refractivity (Wildman–Crippen MR) is 125 cm³/mol. The minimum absolute atomic E-state index is 1.17. The average Bonchev–Trinajstić information content (AvgIpc) is 3.07. The van der Waals surface area contributed by atoms with Crippen molar-refractivity contribution in [2.75, 3.05) is 11.9 Å². The standard InChI is InChI=1S/C27H24N2/c1-19-9-15-26-24(17-19)25-18-20(2)10-16-27(25)29(26)23-13-11-22(12-14-23)28(3)21-7-5-4-6-8-21/h4-18H,1-3H3. The maximum Gasteiger partial charge on any atom is 0.0541 e. The molecule has 0 radical (unpaired) electrons. The lowest BCUT2D eigenvalue weighted by molar-refractivity contribution is 1.16. The molecule has 5 rings (SSSR count). The first-order chi connectivity index (χ1) is 14.1. The van der Waals surface area contributed by atoms with Gasteiger partial charge in [0.25, 0.3) is 0 Å². The number of hydrogen-bond donors (Lipinski definition) is 0. The summed E-state index contributed by atoms with van der Waals surface area (Å²) in [5.41, 5.74) is 8.62. The smallest absolute Gasteiger partial charge is 0.0541 e. The summed E-state index contributed by atoms with van der Waals surface area (Å²) in [6, 6.07) is 32.7. The monoisotopic (exact) mass is 376 g/mol. The summed E-state index contributed by atoms with van der Waals surface area (Å²) in [7, 11) is 2.11. The Kier molecular flexibility index (Phi) is 4.13. The molecule has 5 aromatic rings. The molecule has 0 saturated heterocycles. The topological polar surface area (TPSA) is 8.17 Å². The maximum absolute atomic E-state index is 2.37. The summed E-state index contributed by atoms with van der Waals surface area (Å²) < 4.78 is 2.37. The van der Waals surface area contributed by atoms with Gasteiger partial charge in [-0.15, -0.1) is 0 Å². The average molecular weight is 377 g/mol. The lowest BCUT2D eigenvalue weighted by Gasteiger charge is -2.20. The molecule has 2 heteroatoms. The van der Waals surface area contributed by atoms with Crippen LogP contribution in [0.5, 0.6) is 0 Å². The molecule has 2 nitrogen and oxygen atoms in total. The van der Waals surface area contributed by atoms with Gasteiger partial charge in [0.2, 0.25) is 0 Å². The van der Waals surface area contributed by atoms with Crippen LogP contribution in [0.25, 0.3) is 27.5 Å². The second-order valence-electron chi connectivity index (χ2n) is 7.79. The lowest BCUT2D eigenvalue weighted by Crippen LogP contribution is -2.09. The number of nitrogens with zero attached hydrogens (tertiary/aromatic N) is 2. The van der Waals surface area contributed by atoms with E-state index in [1.165, 1.54) is 50.0 Å². The van der Waals surface area contributed by atoms with E-state index in [4.69, 9.17) is 0 Å². The van der Waals surface area contributed by atoms with Gasteiger partial charge in [-0.25, -0.2) is 0 Å². The molecule has 0 unspecified atom stereocenters. The molecule has 0 amide bonds. The van der Waals surface area contributed by atoms with E-state index in [1.807, 2.05) is 6.07 Å². The number of aryl methyl sites for hydroxylation is 2. The molecule has 0 spiro atoms. The number of para-hydroxylation sites is 1. The fourth-order valence-electron chi connectivity index (χ4n) is 4.16. The third kappa shape index (κ3) is 2.98. The molecule has 29 heavy (non-hydrogen) atoms. The van der Waals surface area contributed by atoms with E-state index < -0.39 is 0 Å². The number of hydrogen-bond acceptors (Lipinski definition) is 1. The van der Waals surface area contributed by atoms with E-state index in [0.717, 1.165) is 0 Å². The van der Waals surface area contributed by atoms with Crippen LogP contribution in [0.2, 0.25) is 0 Å². The Hall–Kier alpha value is -3.52. The second-order valence-corrected chi connectivity index (χ2v) is 7.79. The summed E-state index contributed by atoms with van der Waals surface area (Å²) in [5.74, 6) is 0. The van der Waals surface area contributed by atoms with Crippen LogP contribution in [0.15, 0.2) is 91.0 Å². The summed E-state index contributed by atoms with van der Waals surface area (Å²) in [6.07, 6.45) is 0. The van der Waals surface area contributed by atoms with Crippen LogP contribution in [0.1, 0.15) is 11.1 Å². The Labute approximate surface area is 171 Å². The zero-order chi connectivity index (χ0) is 20.0. The van der Waals surface area contributed by atoms with E-state index in [9.17, 15) is 0 Å². The molecule has 0 aliphatic carbocycles. The minimum Gasteiger partial charge on any atom is -0.345 e. The molecule has 0 atom stereocenters. The Morgan fingerprint density at radius 1 is 0.586 bits per heavy atom. The number of benzene rings is 4. The molecule has 0 bridgehead atoms. The maximum atomic E-state index is 2.37. The fourth-order valence-corrected chi connectivity index (χ4v) is 4.16. The van der Waals surface area contributed by atoms with Gasteiger partial charge < -0.3 is 9.47 Å². The van der Waals surface area contributed by atoms with Crippen molar-refractivity contribution < 1.29 is 0 Å². The van der Waals surface area contributed by atoms with Crippen LogP contribution >= 0.6 is 0 Å². The molecular weight excluding hydrogens is 352 g/mol. The molecule has 0 N–H and O–H groups in total. The lowest BCUT2D eigenvalue weighted by atomic mass is 10.1. The molecular formula is C27H24N2. The molecule has 1 heterocycles. The van der Waals surface area contributed by atoms with Gasteiger partial charge in [0.15, 0.2) is 0 Å². The van der Waals surface area contributed by atoms with Crippen molar-refractivity contribution in [3.8, 4) is 5.69 Å². The predicted octanol–water partition coefficient (Wildman–Crippen LogP) is 7.17. The highest BCUT2D eigenvalue weighted by atomic mass is 15.1. The van der Waals surface area contributed by atoms with Crippen molar-refractivity contribution in [3.63, 3.8) is 0 Å². The molecule has 4 aromatic carbocycles. The van der Waals surface area contributed by atoms with Gasteiger partial charge in [-0.05, 0) is 74.5 Å². The van der Waals surface area contributed by atoms with Crippen molar-refractivity contribution in [2.45, 2.75) is 13.8 Å². The van der Waals surface area contributed by atoms with Gasteiger partial charge in [0, 0.05) is 34.9 Å². The van der Waals surface area contributed by atoms with Gasteiger partial charge in [0.1, 0.15) is 0 Å². The van der Waals surface area contributed by atoms with Crippen molar-refractivity contribution >= 4 is 33.2 Å². The van der Waals surface area contributed by atoms with Crippen LogP contribution in [-0.4, -0.2) is 11.6 Å². The van der Waals surface area contributed by atoms with E-state index in [-0.39, 0.29) is 0 Å². The largest absolute Gasteiger partial charge is 0.345 e. The van der Waals surface area contributed by atoms with E-state index in [2.05, 4.69) is 115 Å². The SMILES string of the molecule is Cc1ccc2c(c1)c1cc(C)ccc1n2-c1ccc(N(C)c2ccccc2)cc1. The number of aromatic nitrogens is 1. The zero-order valence-electron chi connectivity index (χ0n) is 17.1. The van der Waals surface area contributed by atoms with Gasteiger partial charge in [0.05, 0.1) is 11.0 Å². The highest BCUT2D eigenvalue weighted by Gasteiger charge is 2.13. The normalized spacial score (nSPS) is 11.3. The van der Waals surface area contributed by atoms with Crippen LogP contribution in [0.3, 0.4) is 0 Å². The van der Waals surface area contributed by atoms with Crippen LogP contribution < -0.4 is 4.90 Å². The first kappa shape index (κ1) is 17.6. The molecule has 0 aliphatic rings. The van der Waals surface area contributed by atoms with Crippen molar-refractivity contribution in [1.29, 1.82) is 0 Å². The Morgan fingerprint density at radius 3 is 1.66 bits per heavy atom. The third-order valence-electron chi connectivity index (χ3n) is 5.71. The number of fused-ring (bicyclic) bond motifs is 3. The van der Waals surface area contributed by atoms with Crippen LogP contribution in [0.4, 0.5) is 11.4 Å². The quantitative estimate of drug-likeness (QED) is 0.324. The summed E-state index contributed by atoms with van der Waals surface area (Å²) in [6.45, 7) is 4.32. The van der Waals surface area contributed by atoms with Crippen LogP contribution in [0, 0.1) is 13.8 Å². The molecule has 0 fully saturated rings. The first-order valence-corrected chi connectivity index (χ1v) is 10.0. The Bertz CT molecular complexity index is 1250. The van der Waals surface area contributed by atoms with Gasteiger partial charge in [-0.2, -0.15) is 0 Å². The highest BCUT2D eigenvalue weighted by molar-refractivity contribution is 6.09. The van der Waals surface area contributed by atoms with E-state index >= 15 is 0 Å². The van der Waals surface area contributed by atoms with Gasteiger partial charge in [-0.3, -0.25) is 0 Å². The van der Waals surface area contributed by atoms with Gasteiger partial charge >= 0.3 is 0 Å². The summed E-state index contributed by atoms with van der Waals surface area (Å²) in [5, 5.41) is 2.63. The highest BCUT2D eigenvalue weighted by Crippen LogP contribution is 2.34. The second kappa shape index (κ2) is 6.82. The Balaban J connectivity index is 1.66. The summed E-state index contributed by atoms with van der Waals surface area (Å²) in [4.78, 5) is 2.21. The molecule has 1 aromatic heterocycles. The molecule has 0 saturated carbocycles. The number of rotatable bonds is 3. The number of anilines is 2. The van der Waals surface area contributed by atoms with Crippen molar-refractivity contribution in [3.05, 3.63) is 102 Å². The van der Waals surface area contributed by atoms with Crippen molar-refractivity contribution in [2.24, 2.45) is 0 Å². The van der Waals surface area contributed by atoms with Gasteiger partial charge in [-0.1, -0.05) is 41.5 Å². The third-order valence-corrected chi connectivity index (χ3v) is 5.71. The van der Waals surface area contributed by atoms with Crippen LogP contribution in [-0.2, 0) is 0 Å². The summed E-state index contributed by atoms with van der Waals surface area (Å²) >= 11 is 0. The van der Waals surface area contributed by atoms with E-state index in [0.29, 0.717) is 0 Å². The van der Waals surface area contributed by atoms with E-state index in [1.54, 1.807) is 0 Å². The minimum atomic E-state index is 1.17. The Morgan fingerprint density at radius 2 is 1.10 bits per heavy atom. The molecule has 0 aliphatic heterocycles. The zero-order valence-corrected chi connectivity index (χ0v) is 17.1. The first-order valence-electron chi connectivity index (χ1n) is 10.0. The van der Waals surface area contributed by atoms with Crippen molar-refractivity contribution in [1.82, 2.24) is 4.57 Å². The molecule has 142 valence electrons.